The number of aromatic nitrogens is 2. The predicted octanol–water partition coefficient (Wildman–Crippen LogP) is 2.72. The van der Waals surface area contributed by atoms with Crippen LogP contribution in [0.25, 0.3) is 0 Å². The van der Waals surface area contributed by atoms with Crippen LogP contribution in [0.2, 0.25) is 5.02 Å². The number of likely N-dealkylation sites (tertiary alicyclic amines) is 2. The Morgan fingerprint density at radius 3 is 2.58 bits per heavy atom. The van der Waals surface area contributed by atoms with E-state index in [1.165, 1.54) is 0 Å². The molecular formula is C23H26ClN5O2. The van der Waals surface area contributed by atoms with Crippen LogP contribution in [0.15, 0.2) is 42.7 Å². The molecule has 0 unspecified atom stereocenters. The summed E-state index contributed by atoms with van der Waals surface area (Å²) in [6, 6.07) is 8.91. The van der Waals surface area contributed by atoms with E-state index in [2.05, 4.69) is 26.7 Å². The third-order valence-electron chi connectivity index (χ3n) is 7.27. The fraction of sp³-hybridized carbons (Fsp3) is 0.478. The van der Waals surface area contributed by atoms with Crippen LogP contribution >= 0.6 is 11.6 Å². The van der Waals surface area contributed by atoms with Gasteiger partial charge >= 0.3 is 0 Å². The van der Waals surface area contributed by atoms with Crippen molar-refractivity contribution in [2.24, 2.45) is 11.8 Å². The SMILES string of the molecule is CCN1C(=O)[C@@H]2CN(c3ncccn3)C[C@@H]2C12CCN(C(=O)c1cccc(Cl)c1)CC2. The van der Waals surface area contributed by atoms with E-state index in [1.54, 1.807) is 42.7 Å². The molecule has 0 N–H and O–H groups in total. The molecule has 2 aromatic rings. The van der Waals surface area contributed by atoms with Gasteiger partial charge in [-0.15, -0.1) is 0 Å². The van der Waals surface area contributed by atoms with Crippen molar-refractivity contribution < 1.29 is 9.59 Å². The van der Waals surface area contributed by atoms with E-state index in [9.17, 15) is 9.59 Å². The molecule has 0 radical (unpaired) electrons. The minimum Gasteiger partial charge on any atom is -0.340 e. The van der Waals surface area contributed by atoms with Crippen molar-refractivity contribution in [1.82, 2.24) is 19.8 Å². The lowest BCUT2D eigenvalue weighted by Gasteiger charge is -2.47. The molecule has 3 aliphatic rings. The Morgan fingerprint density at radius 1 is 1.16 bits per heavy atom. The molecule has 3 aliphatic heterocycles. The number of carbonyl (C=O) groups excluding carboxylic acids is 2. The van der Waals surface area contributed by atoms with Gasteiger partial charge in [-0.1, -0.05) is 17.7 Å². The van der Waals surface area contributed by atoms with Crippen molar-refractivity contribution in [2.45, 2.75) is 25.3 Å². The predicted molar refractivity (Wildman–Crippen MR) is 118 cm³/mol. The molecule has 1 aromatic carbocycles. The Bertz CT molecular complexity index is 992. The van der Waals surface area contributed by atoms with Gasteiger partial charge in [0, 0.05) is 61.6 Å². The second-order valence-electron chi connectivity index (χ2n) is 8.66. The van der Waals surface area contributed by atoms with Crippen molar-refractivity contribution in [1.29, 1.82) is 0 Å². The Morgan fingerprint density at radius 2 is 1.90 bits per heavy atom. The number of anilines is 1. The highest BCUT2D eigenvalue weighted by Crippen LogP contribution is 2.50. The van der Waals surface area contributed by atoms with E-state index in [4.69, 9.17) is 11.6 Å². The molecule has 0 saturated carbocycles. The average Bonchev–Trinajstić information content (AvgIpc) is 3.33. The average molecular weight is 440 g/mol. The molecule has 0 aliphatic carbocycles. The van der Waals surface area contributed by atoms with Crippen LogP contribution < -0.4 is 4.90 Å². The molecule has 8 heteroatoms. The van der Waals surface area contributed by atoms with Gasteiger partial charge in [0.05, 0.1) is 11.5 Å². The third-order valence-corrected chi connectivity index (χ3v) is 7.51. The maximum atomic E-state index is 13.3. The quantitative estimate of drug-likeness (QED) is 0.735. The molecule has 1 spiro atoms. The number of benzene rings is 1. The van der Waals surface area contributed by atoms with Crippen LogP contribution in [-0.4, -0.2) is 69.8 Å². The van der Waals surface area contributed by atoms with Gasteiger partial charge in [0.25, 0.3) is 5.91 Å². The fourth-order valence-electron chi connectivity index (χ4n) is 5.85. The molecule has 2 atom stereocenters. The van der Waals surface area contributed by atoms with Gasteiger partial charge in [-0.3, -0.25) is 9.59 Å². The molecule has 3 fully saturated rings. The summed E-state index contributed by atoms with van der Waals surface area (Å²) in [6.45, 7) is 5.48. The Kier molecular flexibility index (Phi) is 5.08. The highest BCUT2D eigenvalue weighted by atomic mass is 35.5. The molecule has 7 nitrogen and oxygen atoms in total. The number of nitrogens with zero attached hydrogens (tertiary/aromatic N) is 5. The van der Waals surface area contributed by atoms with Crippen LogP contribution in [0.5, 0.6) is 0 Å². The zero-order valence-corrected chi connectivity index (χ0v) is 18.3. The van der Waals surface area contributed by atoms with Gasteiger partial charge in [0.2, 0.25) is 11.9 Å². The van der Waals surface area contributed by atoms with Crippen LogP contribution in [0.4, 0.5) is 5.95 Å². The van der Waals surface area contributed by atoms with Gasteiger partial charge < -0.3 is 14.7 Å². The Labute approximate surface area is 187 Å². The van der Waals surface area contributed by atoms with Crippen LogP contribution in [0.3, 0.4) is 0 Å². The van der Waals surface area contributed by atoms with E-state index in [0.717, 1.165) is 19.4 Å². The highest BCUT2D eigenvalue weighted by molar-refractivity contribution is 6.30. The first kappa shape index (κ1) is 20.2. The number of amides is 2. The number of hydrogen-bond acceptors (Lipinski definition) is 5. The summed E-state index contributed by atoms with van der Waals surface area (Å²) in [6.07, 6.45) is 5.08. The smallest absolute Gasteiger partial charge is 0.253 e. The lowest BCUT2D eigenvalue weighted by Crippen LogP contribution is -2.57. The topological polar surface area (TPSA) is 69.6 Å². The highest BCUT2D eigenvalue weighted by Gasteiger charge is 2.61. The van der Waals surface area contributed by atoms with Gasteiger partial charge in [0.1, 0.15) is 0 Å². The zero-order chi connectivity index (χ0) is 21.6. The van der Waals surface area contributed by atoms with E-state index in [-0.39, 0.29) is 29.2 Å². The number of hydrogen-bond donors (Lipinski definition) is 0. The summed E-state index contributed by atoms with van der Waals surface area (Å²) in [7, 11) is 0. The second kappa shape index (κ2) is 7.79. The summed E-state index contributed by atoms with van der Waals surface area (Å²) in [5.41, 5.74) is 0.412. The summed E-state index contributed by atoms with van der Waals surface area (Å²) in [5, 5.41) is 0.565. The molecule has 4 heterocycles. The Hall–Kier alpha value is -2.67. The first-order valence-corrected chi connectivity index (χ1v) is 11.3. The monoisotopic (exact) mass is 439 g/mol. The number of carbonyl (C=O) groups is 2. The first-order valence-electron chi connectivity index (χ1n) is 10.9. The van der Waals surface area contributed by atoms with Crippen LogP contribution in [-0.2, 0) is 4.79 Å². The zero-order valence-electron chi connectivity index (χ0n) is 17.6. The van der Waals surface area contributed by atoms with Crippen molar-refractivity contribution >= 4 is 29.4 Å². The van der Waals surface area contributed by atoms with Crippen molar-refractivity contribution in [3.05, 3.63) is 53.3 Å². The van der Waals surface area contributed by atoms with Crippen molar-refractivity contribution in [2.75, 3.05) is 37.6 Å². The molecule has 5 rings (SSSR count). The summed E-state index contributed by atoms with van der Waals surface area (Å²) >= 11 is 6.08. The number of rotatable bonds is 3. The van der Waals surface area contributed by atoms with Crippen LogP contribution in [0.1, 0.15) is 30.1 Å². The van der Waals surface area contributed by atoms with Gasteiger partial charge in [-0.25, -0.2) is 9.97 Å². The number of fused-ring (bicyclic) bond motifs is 2. The van der Waals surface area contributed by atoms with E-state index < -0.39 is 0 Å². The summed E-state index contributed by atoms with van der Waals surface area (Å²) < 4.78 is 0. The fourth-order valence-corrected chi connectivity index (χ4v) is 6.04. The molecule has 3 saturated heterocycles. The molecule has 162 valence electrons. The van der Waals surface area contributed by atoms with Crippen molar-refractivity contribution in [3.63, 3.8) is 0 Å². The number of piperidine rings is 1. The summed E-state index contributed by atoms with van der Waals surface area (Å²) in [4.78, 5) is 41.2. The van der Waals surface area contributed by atoms with Gasteiger partial charge in [0.15, 0.2) is 0 Å². The summed E-state index contributed by atoms with van der Waals surface area (Å²) in [5.74, 6) is 1.13. The second-order valence-corrected chi connectivity index (χ2v) is 9.09. The molecular weight excluding hydrogens is 414 g/mol. The standard InChI is InChI=1S/C23H26ClN5O2/c1-2-29-21(31)18-14-28(22-25-9-4-10-26-22)15-19(18)23(29)7-11-27(12-8-23)20(30)16-5-3-6-17(24)13-16/h3-6,9-10,13,18-19H,2,7-8,11-12,14-15H2,1H3/t18-,19+/m1/s1. The number of halogens is 1. The van der Waals surface area contributed by atoms with E-state index >= 15 is 0 Å². The minimum atomic E-state index is -0.203. The van der Waals surface area contributed by atoms with E-state index in [0.29, 0.717) is 42.7 Å². The maximum Gasteiger partial charge on any atom is 0.253 e. The maximum absolute atomic E-state index is 13.3. The van der Waals surface area contributed by atoms with Gasteiger partial charge in [-0.2, -0.15) is 0 Å². The first-order chi connectivity index (χ1) is 15.0. The normalized spacial score (nSPS) is 24.7. The van der Waals surface area contributed by atoms with E-state index in [1.807, 2.05) is 4.90 Å². The third kappa shape index (κ3) is 3.26. The lowest BCUT2D eigenvalue weighted by atomic mass is 9.74. The molecule has 1 aromatic heterocycles. The lowest BCUT2D eigenvalue weighted by molar-refractivity contribution is -0.134. The van der Waals surface area contributed by atoms with Crippen LogP contribution in [0, 0.1) is 11.8 Å². The van der Waals surface area contributed by atoms with Crippen molar-refractivity contribution in [3.8, 4) is 0 Å². The Balaban J connectivity index is 1.36. The molecule has 2 amide bonds. The largest absolute Gasteiger partial charge is 0.340 e. The van der Waals surface area contributed by atoms with Gasteiger partial charge in [-0.05, 0) is 44.0 Å². The minimum absolute atomic E-state index is 0.00649. The molecule has 0 bridgehead atoms. The molecule has 31 heavy (non-hydrogen) atoms.